The van der Waals surface area contributed by atoms with Gasteiger partial charge in [0.15, 0.2) is 0 Å². The molecule has 4 heteroatoms. The number of carbonyl (C=O) groups excluding carboxylic acids is 1. The predicted octanol–water partition coefficient (Wildman–Crippen LogP) is 1.72. The maximum Gasteiger partial charge on any atom is 0.251 e. The average Bonchev–Trinajstić information content (AvgIpc) is 2.69. The summed E-state index contributed by atoms with van der Waals surface area (Å²) in [7, 11) is 0. The van der Waals surface area contributed by atoms with E-state index in [4.69, 9.17) is 5.73 Å². The number of nitrogens with two attached hydrogens (primary N) is 1. The Bertz CT molecular complexity index is 508. The van der Waals surface area contributed by atoms with Crippen molar-refractivity contribution in [3.05, 3.63) is 23.3 Å². The van der Waals surface area contributed by atoms with Gasteiger partial charge in [-0.05, 0) is 29.5 Å². The molecule has 1 unspecified atom stereocenters. The molecule has 4 N–H and O–H groups in total. The van der Waals surface area contributed by atoms with Gasteiger partial charge in [0.05, 0.1) is 11.4 Å². The predicted molar refractivity (Wildman–Crippen MR) is 67.8 cm³/mol. The fraction of sp³-hybridized carbons (Fsp3) is 0.462. The molecule has 1 saturated carbocycles. The molecular weight excluding hydrogens is 214 g/mol. The summed E-state index contributed by atoms with van der Waals surface area (Å²) in [4.78, 5) is 11.5. The Labute approximate surface area is 101 Å². The third-order valence-corrected chi connectivity index (χ3v) is 3.80. The standard InChI is InChI=1S/C13H17N3O/c1-13(2)5-11(13)16-10-3-7-6-15-12(17)8(7)4-9(10)14/h3-4,11,16H,5-6,14H2,1-2H3,(H,15,17). The summed E-state index contributed by atoms with van der Waals surface area (Å²) in [5.41, 5.74) is 9.69. The number of benzene rings is 1. The zero-order chi connectivity index (χ0) is 12.2. The second kappa shape index (κ2) is 3.15. The molecule has 0 saturated heterocycles. The molecule has 0 bridgehead atoms. The van der Waals surface area contributed by atoms with E-state index >= 15 is 0 Å². The molecule has 1 heterocycles. The second-order valence-corrected chi connectivity index (χ2v) is 5.67. The van der Waals surface area contributed by atoms with E-state index in [0.717, 1.165) is 11.3 Å². The third-order valence-electron chi connectivity index (χ3n) is 3.80. The van der Waals surface area contributed by atoms with E-state index in [9.17, 15) is 4.79 Å². The van der Waals surface area contributed by atoms with Crippen molar-refractivity contribution in [1.29, 1.82) is 0 Å². The van der Waals surface area contributed by atoms with E-state index in [2.05, 4.69) is 24.5 Å². The summed E-state index contributed by atoms with van der Waals surface area (Å²) in [5.74, 6) is -0.0231. The highest BCUT2D eigenvalue weighted by molar-refractivity contribution is 6.00. The number of nitrogens with one attached hydrogen (secondary N) is 2. The minimum absolute atomic E-state index is 0.0231. The lowest BCUT2D eigenvalue weighted by atomic mass is 10.1. The van der Waals surface area contributed by atoms with Crippen LogP contribution in [0.1, 0.15) is 36.2 Å². The molecule has 1 aromatic carbocycles. The van der Waals surface area contributed by atoms with Crippen LogP contribution in [-0.4, -0.2) is 11.9 Å². The number of hydrogen-bond donors (Lipinski definition) is 3. The minimum Gasteiger partial charge on any atom is -0.397 e. The Balaban J connectivity index is 1.89. The number of carbonyl (C=O) groups is 1. The normalized spacial score (nSPS) is 24.1. The lowest BCUT2D eigenvalue weighted by Crippen LogP contribution is -2.12. The lowest BCUT2D eigenvalue weighted by molar-refractivity contribution is 0.0966. The molecule has 1 amide bonds. The Morgan fingerprint density at radius 1 is 1.47 bits per heavy atom. The fourth-order valence-corrected chi connectivity index (χ4v) is 2.32. The summed E-state index contributed by atoms with van der Waals surface area (Å²) in [6.45, 7) is 5.08. The van der Waals surface area contributed by atoms with Crippen molar-refractivity contribution in [3.63, 3.8) is 0 Å². The molecule has 17 heavy (non-hydrogen) atoms. The summed E-state index contributed by atoms with van der Waals surface area (Å²) < 4.78 is 0. The molecule has 1 aliphatic carbocycles. The van der Waals surface area contributed by atoms with Crippen LogP contribution in [0, 0.1) is 5.41 Å². The molecule has 1 fully saturated rings. The van der Waals surface area contributed by atoms with E-state index in [-0.39, 0.29) is 5.91 Å². The molecule has 0 radical (unpaired) electrons. The number of rotatable bonds is 2. The second-order valence-electron chi connectivity index (χ2n) is 5.67. The van der Waals surface area contributed by atoms with Crippen molar-refractivity contribution in [3.8, 4) is 0 Å². The quantitative estimate of drug-likeness (QED) is 0.679. The molecule has 1 atom stereocenters. The maximum absolute atomic E-state index is 11.5. The number of amides is 1. The van der Waals surface area contributed by atoms with Crippen LogP contribution >= 0.6 is 0 Å². The van der Waals surface area contributed by atoms with Crippen LogP contribution < -0.4 is 16.4 Å². The van der Waals surface area contributed by atoms with E-state index < -0.39 is 0 Å². The first-order chi connectivity index (χ1) is 7.97. The molecule has 0 spiro atoms. The Morgan fingerprint density at radius 2 is 2.18 bits per heavy atom. The highest BCUT2D eigenvalue weighted by atomic mass is 16.1. The van der Waals surface area contributed by atoms with Crippen LogP contribution in [0.15, 0.2) is 12.1 Å². The van der Waals surface area contributed by atoms with Crippen LogP contribution in [0.5, 0.6) is 0 Å². The van der Waals surface area contributed by atoms with Crippen molar-refractivity contribution in [2.24, 2.45) is 5.41 Å². The SMILES string of the molecule is CC1(C)CC1Nc1cc2c(cc1N)C(=O)NC2. The van der Waals surface area contributed by atoms with E-state index in [1.54, 1.807) is 6.07 Å². The van der Waals surface area contributed by atoms with Crippen LogP contribution in [0.3, 0.4) is 0 Å². The van der Waals surface area contributed by atoms with Gasteiger partial charge in [0, 0.05) is 18.2 Å². The summed E-state index contributed by atoms with van der Waals surface area (Å²) in [6.07, 6.45) is 1.17. The first-order valence-corrected chi connectivity index (χ1v) is 5.94. The molecule has 4 nitrogen and oxygen atoms in total. The van der Waals surface area contributed by atoms with Gasteiger partial charge in [-0.25, -0.2) is 0 Å². The average molecular weight is 231 g/mol. The topological polar surface area (TPSA) is 67.1 Å². The Morgan fingerprint density at radius 3 is 2.82 bits per heavy atom. The van der Waals surface area contributed by atoms with Crippen LogP contribution in [-0.2, 0) is 6.54 Å². The van der Waals surface area contributed by atoms with Crippen molar-refractivity contribution >= 4 is 17.3 Å². The van der Waals surface area contributed by atoms with Gasteiger partial charge >= 0.3 is 0 Å². The van der Waals surface area contributed by atoms with Gasteiger partial charge in [-0.3, -0.25) is 4.79 Å². The monoisotopic (exact) mass is 231 g/mol. The van der Waals surface area contributed by atoms with E-state index in [1.165, 1.54) is 6.42 Å². The molecular formula is C13H17N3O. The molecule has 0 aromatic heterocycles. The number of nitrogen functional groups attached to an aromatic ring is 1. The van der Waals surface area contributed by atoms with E-state index in [1.807, 2.05) is 6.07 Å². The van der Waals surface area contributed by atoms with Gasteiger partial charge in [0.1, 0.15) is 0 Å². The summed E-state index contributed by atoms with van der Waals surface area (Å²) in [6, 6.07) is 4.26. The number of fused-ring (bicyclic) bond motifs is 1. The maximum atomic E-state index is 11.5. The van der Waals surface area contributed by atoms with Gasteiger partial charge in [-0.1, -0.05) is 13.8 Å². The zero-order valence-corrected chi connectivity index (χ0v) is 10.1. The van der Waals surface area contributed by atoms with Gasteiger partial charge in [0.2, 0.25) is 0 Å². The van der Waals surface area contributed by atoms with E-state index in [0.29, 0.717) is 29.3 Å². The lowest BCUT2D eigenvalue weighted by Gasteiger charge is -2.12. The molecule has 90 valence electrons. The van der Waals surface area contributed by atoms with Gasteiger partial charge in [-0.2, -0.15) is 0 Å². The Hall–Kier alpha value is -1.71. The van der Waals surface area contributed by atoms with Crippen LogP contribution in [0.25, 0.3) is 0 Å². The first kappa shape index (κ1) is 10.4. The molecule has 1 aromatic rings. The smallest absolute Gasteiger partial charge is 0.251 e. The van der Waals surface area contributed by atoms with Gasteiger partial charge in [-0.15, -0.1) is 0 Å². The third kappa shape index (κ3) is 1.64. The van der Waals surface area contributed by atoms with Crippen molar-refractivity contribution in [2.45, 2.75) is 32.9 Å². The number of hydrogen-bond acceptors (Lipinski definition) is 3. The summed E-state index contributed by atoms with van der Waals surface area (Å²) >= 11 is 0. The van der Waals surface area contributed by atoms with Crippen LogP contribution in [0.2, 0.25) is 0 Å². The van der Waals surface area contributed by atoms with Crippen molar-refractivity contribution < 1.29 is 4.79 Å². The fourth-order valence-electron chi connectivity index (χ4n) is 2.32. The van der Waals surface area contributed by atoms with Gasteiger partial charge < -0.3 is 16.4 Å². The number of anilines is 2. The zero-order valence-electron chi connectivity index (χ0n) is 10.1. The molecule has 1 aliphatic heterocycles. The van der Waals surface area contributed by atoms with Gasteiger partial charge in [0.25, 0.3) is 5.91 Å². The highest BCUT2D eigenvalue weighted by Gasteiger charge is 2.45. The summed E-state index contributed by atoms with van der Waals surface area (Å²) in [5, 5.41) is 6.26. The Kier molecular flexibility index (Phi) is 1.94. The molecule has 2 aliphatic rings. The molecule has 3 rings (SSSR count). The van der Waals surface area contributed by atoms with Crippen molar-refractivity contribution in [1.82, 2.24) is 5.32 Å². The largest absolute Gasteiger partial charge is 0.397 e. The minimum atomic E-state index is -0.0231. The first-order valence-electron chi connectivity index (χ1n) is 5.94. The highest BCUT2D eigenvalue weighted by Crippen LogP contribution is 2.47. The van der Waals surface area contributed by atoms with Crippen molar-refractivity contribution in [2.75, 3.05) is 11.1 Å². The van der Waals surface area contributed by atoms with Crippen LogP contribution in [0.4, 0.5) is 11.4 Å².